The Morgan fingerprint density at radius 3 is 2.08 bits per heavy atom. The van der Waals surface area contributed by atoms with Gasteiger partial charge in [0.25, 0.3) is 0 Å². The molecule has 40 heavy (non-hydrogen) atoms. The molecule has 1 aliphatic carbocycles. The zero-order valence-corrected chi connectivity index (χ0v) is 23.7. The highest BCUT2D eigenvalue weighted by Gasteiger charge is 2.20. The molecule has 1 nitrogen and oxygen atoms in total. The third-order valence-corrected chi connectivity index (χ3v) is 9.02. The molecule has 2 heterocycles. The van der Waals surface area contributed by atoms with Crippen molar-refractivity contribution in [2.75, 3.05) is 0 Å². The Bertz CT molecular complexity index is 2020. The fourth-order valence-electron chi connectivity index (χ4n) is 6.07. The summed E-state index contributed by atoms with van der Waals surface area (Å²) in [4.78, 5) is 3.76. The first-order valence-corrected chi connectivity index (χ1v) is 15.1. The van der Waals surface area contributed by atoms with Crippen LogP contribution in [-0.2, 0) is 6.42 Å². The fourth-order valence-corrected chi connectivity index (χ4v) is 7.21. The van der Waals surface area contributed by atoms with Gasteiger partial charge < -0.3 is 4.98 Å². The molecule has 0 atom stereocenters. The fraction of sp³-hybridized carbons (Fsp3) is 0.105. The smallest absolute Gasteiger partial charge is 0.0500 e. The number of rotatable bonds is 3. The standard InChI is InChI=1S/C36H25NS.C2H6/c1-2-9-23(10-3-1)25-19-26(24-17-18-31-30-12-5-7-16-34(30)38-35(31)22-24)21-27(20-25)28-13-8-14-32-29-11-4-6-15-33(29)37-36(28)32;1-2/h1-7,9-13,15-22,37H,8,14H2;1-2H3. The van der Waals surface area contributed by atoms with Crippen LogP contribution in [0.5, 0.6) is 0 Å². The van der Waals surface area contributed by atoms with Crippen molar-refractivity contribution in [2.45, 2.75) is 26.7 Å². The molecule has 2 aromatic heterocycles. The van der Waals surface area contributed by atoms with Crippen LogP contribution in [0.3, 0.4) is 0 Å². The number of aromatic nitrogens is 1. The highest BCUT2D eigenvalue weighted by Crippen LogP contribution is 2.41. The molecule has 0 bridgehead atoms. The maximum Gasteiger partial charge on any atom is 0.0500 e. The maximum absolute atomic E-state index is 3.76. The van der Waals surface area contributed by atoms with Gasteiger partial charge in [-0.05, 0) is 82.6 Å². The van der Waals surface area contributed by atoms with E-state index in [4.69, 9.17) is 0 Å². The Balaban J connectivity index is 0.00000130. The van der Waals surface area contributed by atoms with Crippen molar-refractivity contribution in [3.8, 4) is 22.3 Å². The molecule has 194 valence electrons. The minimum absolute atomic E-state index is 1.06. The van der Waals surface area contributed by atoms with Crippen molar-refractivity contribution in [1.82, 2.24) is 4.98 Å². The second-order valence-electron chi connectivity index (χ2n) is 10.2. The SMILES string of the molecule is C1=C(c2cc(-c3ccccc3)cc(-c3ccc4c(c3)sc3ccccc34)c2)c2[nH]c3ccccc3c2CC1.CC. The summed E-state index contributed by atoms with van der Waals surface area (Å²) in [5.41, 5.74) is 11.5. The van der Waals surface area contributed by atoms with Crippen molar-refractivity contribution >= 4 is 48.0 Å². The lowest BCUT2D eigenvalue weighted by molar-refractivity contribution is 0.983. The molecule has 0 fully saturated rings. The van der Waals surface area contributed by atoms with E-state index in [1.807, 2.05) is 25.2 Å². The predicted octanol–water partition coefficient (Wildman–Crippen LogP) is 11.3. The number of nitrogens with one attached hydrogen (secondary N) is 1. The topological polar surface area (TPSA) is 15.8 Å². The van der Waals surface area contributed by atoms with Crippen LogP contribution < -0.4 is 0 Å². The molecule has 1 N–H and O–H groups in total. The number of hydrogen-bond donors (Lipinski definition) is 1. The molecule has 0 radical (unpaired) electrons. The van der Waals surface area contributed by atoms with E-state index in [2.05, 4.69) is 126 Å². The number of fused-ring (bicyclic) bond motifs is 6. The van der Waals surface area contributed by atoms with E-state index in [1.54, 1.807) is 0 Å². The first-order chi connectivity index (χ1) is 19.8. The lowest BCUT2D eigenvalue weighted by Crippen LogP contribution is -2.00. The van der Waals surface area contributed by atoms with Crippen LogP contribution in [0.1, 0.15) is 37.1 Å². The summed E-state index contributed by atoms with van der Waals surface area (Å²) in [5.74, 6) is 0. The van der Waals surface area contributed by atoms with E-state index in [1.165, 1.54) is 75.7 Å². The minimum Gasteiger partial charge on any atom is -0.354 e. The van der Waals surface area contributed by atoms with E-state index in [0.717, 1.165) is 12.8 Å². The minimum atomic E-state index is 1.06. The number of hydrogen-bond acceptors (Lipinski definition) is 1. The molecule has 0 saturated carbocycles. The van der Waals surface area contributed by atoms with E-state index in [0.29, 0.717) is 0 Å². The molecule has 8 rings (SSSR count). The van der Waals surface area contributed by atoms with E-state index in [-0.39, 0.29) is 0 Å². The van der Waals surface area contributed by atoms with Crippen LogP contribution in [-0.4, -0.2) is 4.98 Å². The monoisotopic (exact) mass is 533 g/mol. The summed E-state index contributed by atoms with van der Waals surface area (Å²) < 4.78 is 2.68. The Morgan fingerprint density at radius 1 is 0.550 bits per heavy atom. The second kappa shape index (κ2) is 10.3. The molecule has 0 aliphatic heterocycles. The van der Waals surface area contributed by atoms with Crippen LogP contribution in [0.2, 0.25) is 0 Å². The van der Waals surface area contributed by atoms with Crippen molar-refractivity contribution < 1.29 is 0 Å². The molecule has 0 amide bonds. The van der Waals surface area contributed by atoms with Gasteiger partial charge in [-0.1, -0.05) is 98.8 Å². The van der Waals surface area contributed by atoms with Crippen LogP contribution >= 0.6 is 11.3 Å². The van der Waals surface area contributed by atoms with E-state index < -0.39 is 0 Å². The first kappa shape index (κ1) is 24.6. The average Bonchev–Trinajstić information content (AvgIpc) is 3.60. The van der Waals surface area contributed by atoms with Gasteiger partial charge in [-0.3, -0.25) is 0 Å². The lowest BCUT2D eigenvalue weighted by Gasteiger charge is -2.17. The van der Waals surface area contributed by atoms with E-state index >= 15 is 0 Å². The van der Waals surface area contributed by atoms with Crippen LogP contribution in [0.4, 0.5) is 0 Å². The molecule has 0 saturated heterocycles. The second-order valence-corrected chi connectivity index (χ2v) is 11.2. The van der Waals surface area contributed by atoms with E-state index in [9.17, 15) is 0 Å². The van der Waals surface area contributed by atoms with Gasteiger partial charge in [0.15, 0.2) is 0 Å². The van der Waals surface area contributed by atoms with Gasteiger partial charge in [0.05, 0.1) is 0 Å². The van der Waals surface area contributed by atoms with Gasteiger partial charge in [-0.15, -0.1) is 11.3 Å². The highest BCUT2D eigenvalue weighted by molar-refractivity contribution is 7.25. The van der Waals surface area contributed by atoms with Crippen molar-refractivity contribution in [2.24, 2.45) is 0 Å². The number of allylic oxidation sites excluding steroid dienone is 1. The Kier molecular flexibility index (Phi) is 6.34. The number of para-hydroxylation sites is 1. The maximum atomic E-state index is 3.76. The van der Waals surface area contributed by atoms with Crippen LogP contribution in [0, 0.1) is 0 Å². The van der Waals surface area contributed by atoms with Gasteiger partial charge in [0.1, 0.15) is 0 Å². The normalized spacial score (nSPS) is 12.7. The summed E-state index contributed by atoms with van der Waals surface area (Å²) >= 11 is 1.88. The summed E-state index contributed by atoms with van der Waals surface area (Å²) in [5, 5.41) is 4.03. The van der Waals surface area contributed by atoms with Crippen molar-refractivity contribution in [3.05, 3.63) is 138 Å². The van der Waals surface area contributed by atoms with Crippen LogP contribution in [0.15, 0.2) is 121 Å². The molecule has 0 spiro atoms. The predicted molar refractivity (Wildman–Crippen MR) is 175 cm³/mol. The molecule has 5 aromatic carbocycles. The van der Waals surface area contributed by atoms with Crippen molar-refractivity contribution in [3.63, 3.8) is 0 Å². The quantitative estimate of drug-likeness (QED) is 0.232. The molecule has 0 unspecified atom stereocenters. The summed E-state index contributed by atoms with van der Waals surface area (Å²) in [6.07, 6.45) is 4.56. The number of aromatic amines is 1. The largest absolute Gasteiger partial charge is 0.354 e. The molecule has 2 heteroatoms. The Hall–Kier alpha value is -4.40. The highest BCUT2D eigenvalue weighted by atomic mass is 32.1. The molecule has 1 aliphatic rings. The van der Waals surface area contributed by atoms with Gasteiger partial charge in [0.2, 0.25) is 0 Å². The third-order valence-electron chi connectivity index (χ3n) is 7.89. The summed E-state index contributed by atoms with van der Waals surface area (Å²) in [7, 11) is 0. The average molecular weight is 534 g/mol. The first-order valence-electron chi connectivity index (χ1n) is 14.2. The summed E-state index contributed by atoms with van der Waals surface area (Å²) in [6, 6.07) is 42.2. The number of benzene rings is 5. The zero-order chi connectivity index (χ0) is 27.1. The zero-order valence-electron chi connectivity index (χ0n) is 22.9. The molecule has 7 aromatic rings. The van der Waals surface area contributed by atoms with Gasteiger partial charge in [-0.2, -0.15) is 0 Å². The van der Waals surface area contributed by atoms with Crippen LogP contribution in [0.25, 0.3) is 58.9 Å². The van der Waals surface area contributed by atoms with Crippen molar-refractivity contribution in [1.29, 1.82) is 0 Å². The Morgan fingerprint density at radius 2 is 1.23 bits per heavy atom. The van der Waals surface area contributed by atoms with Gasteiger partial charge in [0, 0.05) is 42.3 Å². The number of thiophene rings is 1. The molecular weight excluding hydrogens is 502 g/mol. The third kappa shape index (κ3) is 4.16. The van der Waals surface area contributed by atoms with Gasteiger partial charge in [-0.25, -0.2) is 0 Å². The summed E-state index contributed by atoms with van der Waals surface area (Å²) in [6.45, 7) is 4.00. The molecular formula is C38H31NS. The lowest BCUT2D eigenvalue weighted by atomic mass is 9.87. The Labute approximate surface area is 239 Å². The van der Waals surface area contributed by atoms with Gasteiger partial charge >= 0.3 is 0 Å². The number of H-pyrrole nitrogens is 1. The number of aryl methyl sites for hydroxylation is 1.